The number of fused-ring (bicyclic) bond motifs is 2. The molecular weight excluding hydrogens is 472 g/mol. The molecule has 0 aliphatic heterocycles. The first-order valence-electron chi connectivity index (χ1n) is 11.1. The molecule has 5 rings (SSSR count). The zero-order chi connectivity index (χ0) is 24.1. The molecule has 1 aliphatic carbocycles. The van der Waals surface area contributed by atoms with Gasteiger partial charge in [0.2, 0.25) is 0 Å². The summed E-state index contributed by atoms with van der Waals surface area (Å²) in [6.45, 7) is 0. The summed E-state index contributed by atoms with van der Waals surface area (Å²) in [5, 5.41) is 3.26. The first-order chi connectivity index (χ1) is 16.1. The van der Waals surface area contributed by atoms with Crippen LogP contribution >= 0.6 is 0 Å². The molecule has 1 fully saturated rings. The maximum Gasteiger partial charge on any atom is 0.294 e. The number of rotatable bonds is 4. The fourth-order valence-corrected chi connectivity index (χ4v) is 7.15. The molecule has 0 amide bonds. The van der Waals surface area contributed by atoms with Gasteiger partial charge in [-0.25, -0.2) is 0 Å². The van der Waals surface area contributed by atoms with E-state index in [0.717, 1.165) is 28.0 Å². The third-order valence-electron chi connectivity index (χ3n) is 6.91. The largest absolute Gasteiger partial charge is 0.294 e. The lowest BCUT2D eigenvalue weighted by Crippen LogP contribution is -2.18. The van der Waals surface area contributed by atoms with Crippen molar-refractivity contribution in [3.8, 4) is 0 Å². The maximum atomic E-state index is 12.3. The lowest BCUT2D eigenvalue weighted by Gasteiger charge is -2.32. The van der Waals surface area contributed by atoms with E-state index < -0.39 is 20.2 Å². The van der Waals surface area contributed by atoms with Crippen LogP contribution in [0.25, 0.3) is 21.5 Å². The molecule has 2 atom stereocenters. The molecule has 0 spiro atoms. The molecule has 0 radical (unpaired) electrons. The fraction of sp³-hybridized carbons (Fsp3) is 0.231. The normalized spacial score (nSPS) is 19.5. The summed E-state index contributed by atoms with van der Waals surface area (Å²) in [6, 6.07) is 21.2. The van der Waals surface area contributed by atoms with Crippen LogP contribution in [0.15, 0.2) is 82.6 Å². The highest BCUT2D eigenvalue weighted by Crippen LogP contribution is 2.47. The minimum atomic E-state index is -4.46. The third kappa shape index (κ3) is 4.11. The zero-order valence-corrected chi connectivity index (χ0v) is 19.9. The molecule has 1 aliphatic rings. The summed E-state index contributed by atoms with van der Waals surface area (Å²) in [6.07, 6.45) is 2.66. The van der Waals surface area contributed by atoms with E-state index in [0.29, 0.717) is 30.4 Å². The second-order valence-electron chi connectivity index (χ2n) is 8.91. The fourth-order valence-electron chi connectivity index (χ4n) is 5.56. The van der Waals surface area contributed by atoms with Crippen LogP contribution in [0, 0.1) is 0 Å². The monoisotopic (exact) mass is 496 g/mol. The standard InChI is InChI=1S/C26H24O6S2/c27-33(28,29)23-14-12-17-6-1-3-10-21(17)25(23)19-8-5-9-20(16-19)26-22-11-4-2-7-18(22)13-15-24(26)34(30,31)32/h1-4,6-7,10-15,19-20H,5,8-9,16H2,(H,27,28,29)(H,30,31,32). The molecule has 8 heteroatoms. The molecule has 6 nitrogen and oxygen atoms in total. The van der Waals surface area contributed by atoms with Gasteiger partial charge in [0, 0.05) is 0 Å². The van der Waals surface area contributed by atoms with Gasteiger partial charge in [-0.05, 0) is 75.9 Å². The average molecular weight is 497 g/mol. The summed E-state index contributed by atoms with van der Waals surface area (Å²) in [7, 11) is -8.92. The lowest BCUT2D eigenvalue weighted by molar-refractivity contribution is 0.387. The van der Waals surface area contributed by atoms with Crippen LogP contribution in [0.1, 0.15) is 48.6 Å². The van der Waals surface area contributed by atoms with Gasteiger partial charge in [0.1, 0.15) is 0 Å². The summed E-state index contributed by atoms with van der Waals surface area (Å²) < 4.78 is 69.2. The SMILES string of the molecule is O=S(=O)(O)c1ccc2ccccc2c1C1CCCC(c2c(S(=O)(=O)O)ccc3ccccc23)C1. The summed E-state index contributed by atoms with van der Waals surface area (Å²) in [5.41, 5.74) is 1.14. The molecule has 2 N–H and O–H groups in total. The van der Waals surface area contributed by atoms with Crippen molar-refractivity contribution in [2.24, 2.45) is 0 Å². The van der Waals surface area contributed by atoms with E-state index in [1.807, 2.05) is 48.5 Å². The first-order valence-corrected chi connectivity index (χ1v) is 14.0. The Morgan fingerprint density at radius 2 is 1.00 bits per heavy atom. The van der Waals surface area contributed by atoms with E-state index in [2.05, 4.69) is 0 Å². The van der Waals surface area contributed by atoms with Crippen molar-refractivity contribution in [2.45, 2.75) is 47.3 Å². The molecule has 0 saturated heterocycles. The topological polar surface area (TPSA) is 109 Å². The molecule has 2 unspecified atom stereocenters. The van der Waals surface area contributed by atoms with Crippen molar-refractivity contribution >= 4 is 41.8 Å². The second kappa shape index (κ2) is 8.46. The molecule has 0 aromatic heterocycles. The highest BCUT2D eigenvalue weighted by atomic mass is 32.2. The minimum absolute atomic E-state index is 0.107. The molecule has 4 aromatic carbocycles. The Morgan fingerprint density at radius 1 is 0.588 bits per heavy atom. The Hall–Kier alpha value is -2.78. The zero-order valence-electron chi connectivity index (χ0n) is 18.3. The smallest absolute Gasteiger partial charge is 0.282 e. The number of hydrogen-bond acceptors (Lipinski definition) is 4. The number of benzene rings is 4. The first kappa shape index (κ1) is 23.0. The Balaban J connectivity index is 1.70. The van der Waals surface area contributed by atoms with Crippen molar-refractivity contribution in [2.75, 3.05) is 0 Å². The average Bonchev–Trinajstić information content (AvgIpc) is 2.81. The maximum absolute atomic E-state index is 12.3. The van der Waals surface area contributed by atoms with Crippen LogP contribution in [-0.2, 0) is 20.2 Å². The summed E-state index contributed by atoms with van der Waals surface area (Å²) in [4.78, 5) is -0.213. The van der Waals surface area contributed by atoms with E-state index >= 15 is 0 Å². The Morgan fingerprint density at radius 3 is 1.41 bits per heavy atom. The molecule has 0 bridgehead atoms. The van der Waals surface area contributed by atoms with Gasteiger partial charge in [0.05, 0.1) is 9.79 Å². The van der Waals surface area contributed by atoms with Gasteiger partial charge in [-0.2, -0.15) is 16.8 Å². The van der Waals surface area contributed by atoms with Crippen molar-refractivity contribution < 1.29 is 25.9 Å². The number of hydrogen-bond donors (Lipinski definition) is 2. The molecular formula is C26H24O6S2. The highest BCUT2D eigenvalue weighted by molar-refractivity contribution is 7.86. The van der Waals surface area contributed by atoms with E-state index in [1.54, 1.807) is 12.1 Å². The van der Waals surface area contributed by atoms with Crippen LogP contribution < -0.4 is 0 Å². The molecule has 34 heavy (non-hydrogen) atoms. The van der Waals surface area contributed by atoms with E-state index in [9.17, 15) is 25.9 Å². The van der Waals surface area contributed by atoms with Crippen LogP contribution in [0.5, 0.6) is 0 Å². The van der Waals surface area contributed by atoms with Crippen LogP contribution in [0.3, 0.4) is 0 Å². The van der Waals surface area contributed by atoms with Gasteiger partial charge in [-0.15, -0.1) is 0 Å². The van der Waals surface area contributed by atoms with Crippen molar-refractivity contribution in [1.82, 2.24) is 0 Å². The third-order valence-corrected chi connectivity index (χ3v) is 8.73. The minimum Gasteiger partial charge on any atom is -0.282 e. The van der Waals surface area contributed by atoms with Gasteiger partial charge in [-0.1, -0.05) is 67.1 Å². The Labute approximate surface area is 198 Å². The molecule has 4 aromatic rings. The van der Waals surface area contributed by atoms with Crippen molar-refractivity contribution in [3.05, 3.63) is 83.9 Å². The van der Waals surface area contributed by atoms with Gasteiger partial charge < -0.3 is 0 Å². The van der Waals surface area contributed by atoms with E-state index in [4.69, 9.17) is 0 Å². The molecule has 176 valence electrons. The van der Waals surface area contributed by atoms with Gasteiger partial charge in [-0.3, -0.25) is 9.11 Å². The van der Waals surface area contributed by atoms with Crippen molar-refractivity contribution in [3.63, 3.8) is 0 Å². The Kier molecular flexibility index (Phi) is 5.72. The summed E-state index contributed by atoms with van der Waals surface area (Å²) >= 11 is 0. The van der Waals surface area contributed by atoms with Gasteiger partial charge in [0.25, 0.3) is 20.2 Å². The van der Waals surface area contributed by atoms with Gasteiger partial charge in [0.15, 0.2) is 0 Å². The quantitative estimate of drug-likeness (QED) is 0.339. The van der Waals surface area contributed by atoms with Crippen molar-refractivity contribution in [1.29, 1.82) is 0 Å². The van der Waals surface area contributed by atoms with E-state index in [1.165, 1.54) is 12.1 Å². The van der Waals surface area contributed by atoms with E-state index in [-0.39, 0.29) is 21.6 Å². The molecule has 1 saturated carbocycles. The van der Waals surface area contributed by atoms with Crippen LogP contribution in [0.4, 0.5) is 0 Å². The van der Waals surface area contributed by atoms with Crippen LogP contribution in [-0.4, -0.2) is 25.9 Å². The van der Waals surface area contributed by atoms with Crippen LogP contribution in [0.2, 0.25) is 0 Å². The Bertz CT molecular complexity index is 1500. The van der Waals surface area contributed by atoms with Gasteiger partial charge >= 0.3 is 0 Å². The second-order valence-corrected chi connectivity index (χ2v) is 11.7. The highest BCUT2D eigenvalue weighted by Gasteiger charge is 2.33. The summed E-state index contributed by atoms with van der Waals surface area (Å²) in [5.74, 6) is -0.426. The predicted octanol–water partition coefficient (Wildman–Crippen LogP) is 5.93. The predicted molar refractivity (Wildman–Crippen MR) is 131 cm³/mol. The lowest BCUT2D eigenvalue weighted by atomic mass is 9.73. The molecule has 0 heterocycles.